The molecule has 1 N–H and O–H groups in total. The molecule has 0 bridgehead atoms. The molecule has 4 nitrogen and oxygen atoms in total. The molecular formula is C13H16ClNO3. The number of carboxylic acids is 1. The first-order valence-corrected chi connectivity index (χ1v) is 6.14. The fourth-order valence-corrected chi connectivity index (χ4v) is 1.84. The molecule has 1 aromatic rings. The summed E-state index contributed by atoms with van der Waals surface area (Å²) in [5.74, 6) is -0.981. The van der Waals surface area contributed by atoms with E-state index in [9.17, 15) is 9.59 Å². The van der Waals surface area contributed by atoms with Crippen molar-refractivity contribution < 1.29 is 14.7 Å². The van der Waals surface area contributed by atoms with Crippen LogP contribution in [-0.2, 0) is 16.0 Å². The van der Waals surface area contributed by atoms with E-state index in [1.54, 1.807) is 18.2 Å². The molecule has 0 radical (unpaired) electrons. The molecule has 0 unspecified atom stereocenters. The third kappa shape index (κ3) is 4.75. The van der Waals surface area contributed by atoms with Crippen LogP contribution in [0.4, 0.5) is 0 Å². The average Bonchev–Trinajstić information content (AvgIpc) is 2.29. The molecule has 0 heterocycles. The Morgan fingerprint density at radius 1 is 1.39 bits per heavy atom. The van der Waals surface area contributed by atoms with Crippen LogP contribution in [0, 0.1) is 0 Å². The zero-order valence-electron chi connectivity index (χ0n) is 10.2. The van der Waals surface area contributed by atoms with Crippen LogP contribution in [0.15, 0.2) is 24.3 Å². The molecule has 0 atom stereocenters. The molecule has 0 aliphatic heterocycles. The first-order chi connectivity index (χ1) is 8.52. The van der Waals surface area contributed by atoms with E-state index < -0.39 is 5.97 Å². The van der Waals surface area contributed by atoms with Crippen LogP contribution in [0.25, 0.3) is 0 Å². The molecular weight excluding hydrogens is 254 g/mol. The SMILES string of the molecule is CCN(CCC(=O)O)C(=O)Cc1cccc(Cl)c1. The highest BCUT2D eigenvalue weighted by atomic mass is 35.5. The largest absolute Gasteiger partial charge is 0.481 e. The number of aliphatic carboxylic acids is 1. The minimum atomic E-state index is -0.899. The van der Waals surface area contributed by atoms with E-state index in [-0.39, 0.29) is 25.3 Å². The van der Waals surface area contributed by atoms with E-state index in [2.05, 4.69) is 0 Å². The maximum absolute atomic E-state index is 12.0. The van der Waals surface area contributed by atoms with Gasteiger partial charge in [-0.1, -0.05) is 23.7 Å². The van der Waals surface area contributed by atoms with Crippen LogP contribution in [0.2, 0.25) is 5.02 Å². The molecule has 0 saturated carbocycles. The van der Waals surface area contributed by atoms with Crippen LogP contribution in [-0.4, -0.2) is 35.0 Å². The predicted molar refractivity (Wildman–Crippen MR) is 69.7 cm³/mol. The lowest BCUT2D eigenvalue weighted by atomic mass is 10.1. The highest BCUT2D eigenvalue weighted by Crippen LogP contribution is 2.12. The minimum Gasteiger partial charge on any atom is -0.481 e. The smallest absolute Gasteiger partial charge is 0.305 e. The normalized spacial score (nSPS) is 10.1. The first kappa shape index (κ1) is 14.5. The number of hydrogen-bond acceptors (Lipinski definition) is 2. The molecule has 0 saturated heterocycles. The highest BCUT2D eigenvalue weighted by molar-refractivity contribution is 6.30. The summed E-state index contributed by atoms with van der Waals surface area (Å²) >= 11 is 5.84. The summed E-state index contributed by atoms with van der Waals surface area (Å²) < 4.78 is 0. The molecule has 1 aromatic carbocycles. The topological polar surface area (TPSA) is 57.6 Å². The number of nitrogens with zero attached hydrogens (tertiary/aromatic N) is 1. The Morgan fingerprint density at radius 2 is 2.11 bits per heavy atom. The zero-order chi connectivity index (χ0) is 13.5. The van der Waals surface area contributed by atoms with Crippen LogP contribution in [0.1, 0.15) is 18.9 Å². The number of hydrogen-bond donors (Lipinski definition) is 1. The van der Waals surface area contributed by atoms with E-state index in [0.29, 0.717) is 11.6 Å². The Kier molecular flexibility index (Phi) is 5.65. The fraction of sp³-hybridized carbons (Fsp3) is 0.385. The second kappa shape index (κ2) is 7.01. The minimum absolute atomic E-state index is 0.0326. The molecule has 0 aliphatic carbocycles. The van der Waals surface area contributed by atoms with Gasteiger partial charge in [-0.25, -0.2) is 0 Å². The third-order valence-electron chi connectivity index (χ3n) is 2.57. The molecule has 0 spiro atoms. The van der Waals surface area contributed by atoms with Gasteiger partial charge in [-0.3, -0.25) is 9.59 Å². The standard InChI is InChI=1S/C13H16ClNO3/c1-2-15(7-6-13(17)18)12(16)9-10-4-3-5-11(14)8-10/h3-5,8H,2,6-7,9H2,1H3,(H,17,18). The quantitative estimate of drug-likeness (QED) is 0.861. The lowest BCUT2D eigenvalue weighted by molar-refractivity contribution is -0.138. The van der Waals surface area contributed by atoms with Gasteiger partial charge in [0, 0.05) is 18.1 Å². The number of carbonyl (C=O) groups excluding carboxylic acids is 1. The second-order valence-corrected chi connectivity index (χ2v) is 4.36. The van der Waals surface area contributed by atoms with Gasteiger partial charge in [0.2, 0.25) is 5.91 Å². The van der Waals surface area contributed by atoms with Crippen molar-refractivity contribution in [2.45, 2.75) is 19.8 Å². The second-order valence-electron chi connectivity index (χ2n) is 3.92. The first-order valence-electron chi connectivity index (χ1n) is 5.77. The zero-order valence-corrected chi connectivity index (χ0v) is 11.0. The summed E-state index contributed by atoms with van der Waals surface area (Å²) in [6, 6.07) is 7.11. The Bertz CT molecular complexity index is 434. The van der Waals surface area contributed by atoms with Gasteiger partial charge in [0.25, 0.3) is 0 Å². The van der Waals surface area contributed by atoms with Crippen LogP contribution >= 0.6 is 11.6 Å². The van der Waals surface area contributed by atoms with Gasteiger partial charge in [0.15, 0.2) is 0 Å². The molecule has 98 valence electrons. The van der Waals surface area contributed by atoms with Gasteiger partial charge in [0.1, 0.15) is 0 Å². The van der Waals surface area contributed by atoms with Crippen molar-refractivity contribution in [2.75, 3.05) is 13.1 Å². The van der Waals surface area contributed by atoms with Crippen LogP contribution < -0.4 is 0 Å². The molecule has 5 heteroatoms. The molecule has 1 rings (SSSR count). The van der Waals surface area contributed by atoms with Gasteiger partial charge >= 0.3 is 5.97 Å². The number of carboxylic acid groups (broad SMARTS) is 1. The van der Waals surface area contributed by atoms with Gasteiger partial charge < -0.3 is 10.0 Å². The number of likely N-dealkylation sites (N-methyl/N-ethyl adjacent to an activating group) is 1. The van der Waals surface area contributed by atoms with Crippen molar-refractivity contribution >= 4 is 23.5 Å². The maximum Gasteiger partial charge on any atom is 0.305 e. The van der Waals surface area contributed by atoms with E-state index >= 15 is 0 Å². The summed E-state index contributed by atoms with van der Waals surface area (Å²) in [5, 5.41) is 9.20. The van der Waals surface area contributed by atoms with E-state index in [4.69, 9.17) is 16.7 Å². The van der Waals surface area contributed by atoms with E-state index in [0.717, 1.165) is 5.56 Å². The Labute approximate surface area is 111 Å². The number of amides is 1. The Balaban J connectivity index is 2.59. The number of halogens is 1. The molecule has 1 amide bonds. The average molecular weight is 270 g/mol. The van der Waals surface area contributed by atoms with Crippen molar-refractivity contribution in [3.8, 4) is 0 Å². The number of rotatable bonds is 6. The monoisotopic (exact) mass is 269 g/mol. The predicted octanol–water partition coefficient (Wildman–Crippen LogP) is 2.21. The summed E-state index contributed by atoms with van der Waals surface area (Å²) in [4.78, 5) is 24.0. The van der Waals surface area contributed by atoms with E-state index in [1.165, 1.54) is 4.90 Å². The summed E-state index contributed by atoms with van der Waals surface area (Å²) in [6.45, 7) is 2.58. The molecule has 0 fully saturated rings. The van der Waals surface area contributed by atoms with Crippen molar-refractivity contribution in [2.24, 2.45) is 0 Å². The van der Waals surface area contributed by atoms with Gasteiger partial charge in [-0.2, -0.15) is 0 Å². The summed E-state index contributed by atoms with van der Waals surface area (Å²) in [7, 11) is 0. The molecule has 0 aromatic heterocycles. The summed E-state index contributed by atoms with van der Waals surface area (Å²) in [5.41, 5.74) is 0.835. The van der Waals surface area contributed by atoms with Crippen LogP contribution in [0.3, 0.4) is 0 Å². The Hall–Kier alpha value is -1.55. The van der Waals surface area contributed by atoms with Gasteiger partial charge in [-0.05, 0) is 24.6 Å². The lowest BCUT2D eigenvalue weighted by Gasteiger charge is -2.20. The van der Waals surface area contributed by atoms with Gasteiger partial charge in [0.05, 0.1) is 12.8 Å². The third-order valence-corrected chi connectivity index (χ3v) is 2.81. The molecule has 18 heavy (non-hydrogen) atoms. The van der Waals surface area contributed by atoms with Gasteiger partial charge in [-0.15, -0.1) is 0 Å². The highest BCUT2D eigenvalue weighted by Gasteiger charge is 2.13. The van der Waals surface area contributed by atoms with Crippen LogP contribution in [0.5, 0.6) is 0 Å². The number of benzene rings is 1. The fourth-order valence-electron chi connectivity index (χ4n) is 1.62. The van der Waals surface area contributed by atoms with Crippen molar-refractivity contribution in [1.29, 1.82) is 0 Å². The Morgan fingerprint density at radius 3 is 2.67 bits per heavy atom. The number of carbonyl (C=O) groups is 2. The maximum atomic E-state index is 12.0. The van der Waals surface area contributed by atoms with Crippen molar-refractivity contribution in [1.82, 2.24) is 4.90 Å². The van der Waals surface area contributed by atoms with Crippen molar-refractivity contribution in [3.05, 3.63) is 34.9 Å². The van der Waals surface area contributed by atoms with Crippen molar-refractivity contribution in [3.63, 3.8) is 0 Å². The molecule has 0 aliphatic rings. The summed E-state index contributed by atoms with van der Waals surface area (Å²) in [6.07, 6.45) is 0.211. The van der Waals surface area contributed by atoms with E-state index in [1.807, 2.05) is 13.0 Å². The lowest BCUT2D eigenvalue weighted by Crippen LogP contribution is -2.34.